The molecular formula is C9H14N2O4S. The van der Waals surface area contributed by atoms with Gasteiger partial charge in [0, 0.05) is 12.8 Å². The maximum absolute atomic E-state index is 10.9. The van der Waals surface area contributed by atoms with Crippen molar-refractivity contribution in [2.75, 3.05) is 12.0 Å². The SMILES string of the molecule is Cc1ncc(C(=O)O)n1CCCS(C)(=O)=O. The summed E-state index contributed by atoms with van der Waals surface area (Å²) in [5, 5.41) is 8.86. The van der Waals surface area contributed by atoms with Crippen LogP contribution in [0.1, 0.15) is 22.7 Å². The van der Waals surface area contributed by atoms with Gasteiger partial charge in [-0.25, -0.2) is 18.2 Å². The van der Waals surface area contributed by atoms with Crippen LogP contribution in [0.4, 0.5) is 0 Å². The molecule has 0 fully saturated rings. The molecule has 6 nitrogen and oxygen atoms in total. The number of nitrogens with zero attached hydrogens (tertiary/aromatic N) is 2. The first-order chi connectivity index (χ1) is 7.31. The van der Waals surface area contributed by atoms with Crippen LogP contribution < -0.4 is 0 Å². The zero-order valence-corrected chi connectivity index (χ0v) is 9.99. The van der Waals surface area contributed by atoms with Gasteiger partial charge in [-0.15, -0.1) is 0 Å². The molecule has 16 heavy (non-hydrogen) atoms. The predicted octanol–water partition coefficient (Wildman–Crippen LogP) is 0.324. The zero-order chi connectivity index (χ0) is 12.3. The van der Waals surface area contributed by atoms with Gasteiger partial charge in [0.15, 0.2) is 0 Å². The molecule has 0 saturated heterocycles. The van der Waals surface area contributed by atoms with Gasteiger partial charge in [-0.1, -0.05) is 0 Å². The quantitative estimate of drug-likeness (QED) is 0.808. The second kappa shape index (κ2) is 4.65. The van der Waals surface area contributed by atoms with Gasteiger partial charge in [0.05, 0.1) is 11.9 Å². The number of sulfone groups is 1. The first-order valence-electron chi connectivity index (χ1n) is 4.74. The van der Waals surface area contributed by atoms with Crippen LogP contribution in [0.3, 0.4) is 0 Å². The highest BCUT2D eigenvalue weighted by molar-refractivity contribution is 7.90. The van der Waals surface area contributed by atoms with Crippen LogP contribution in [0.15, 0.2) is 6.20 Å². The monoisotopic (exact) mass is 246 g/mol. The summed E-state index contributed by atoms with van der Waals surface area (Å²) < 4.78 is 23.4. The number of carboxylic acids is 1. The van der Waals surface area contributed by atoms with Crippen LogP contribution >= 0.6 is 0 Å². The zero-order valence-electron chi connectivity index (χ0n) is 9.17. The van der Waals surface area contributed by atoms with E-state index in [0.717, 1.165) is 6.26 Å². The Labute approximate surface area is 93.8 Å². The summed E-state index contributed by atoms with van der Waals surface area (Å²) in [6.07, 6.45) is 2.82. The number of carboxylic acid groups (broad SMARTS) is 1. The maximum Gasteiger partial charge on any atom is 0.354 e. The van der Waals surface area contributed by atoms with E-state index in [2.05, 4.69) is 4.98 Å². The Hall–Kier alpha value is -1.37. The van der Waals surface area contributed by atoms with E-state index < -0.39 is 15.8 Å². The average Bonchev–Trinajstić information content (AvgIpc) is 2.46. The molecule has 0 spiro atoms. The summed E-state index contributed by atoms with van der Waals surface area (Å²) in [6, 6.07) is 0. The Morgan fingerprint density at radius 3 is 2.69 bits per heavy atom. The number of carbonyl (C=O) groups is 1. The first kappa shape index (κ1) is 12.7. The van der Waals surface area contributed by atoms with E-state index in [9.17, 15) is 13.2 Å². The molecule has 90 valence electrons. The standard InChI is InChI=1S/C9H14N2O4S/c1-7-10-6-8(9(12)13)11(7)4-3-5-16(2,14)15/h6H,3-5H2,1-2H3,(H,12,13). The van der Waals surface area contributed by atoms with Crippen molar-refractivity contribution in [3.63, 3.8) is 0 Å². The molecule has 1 rings (SSSR count). The van der Waals surface area contributed by atoms with Crippen molar-refractivity contribution in [3.8, 4) is 0 Å². The molecule has 0 aliphatic rings. The van der Waals surface area contributed by atoms with Crippen molar-refractivity contribution < 1.29 is 18.3 Å². The third-order valence-corrected chi connectivity index (χ3v) is 3.20. The largest absolute Gasteiger partial charge is 0.477 e. The molecule has 0 atom stereocenters. The lowest BCUT2D eigenvalue weighted by Gasteiger charge is -2.06. The first-order valence-corrected chi connectivity index (χ1v) is 6.80. The van der Waals surface area contributed by atoms with Crippen LogP contribution in [0.5, 0.6) is 0 Å². The average molecular weight is 246 g/mol. The van der Waals surface area contributed by atoms with E-state index in [1.165, 1.54) is 10.8 Å². The van der Waals surface area contributed by atoms with Crippen molar-refractivity contribution in [1.29, 1.82) is 0 Å². The second-order valence-electron chi connectivity index (χ2n) is 3.63. The number of hydrogen-bond acceptors (Lipinski definition) is 4. The second-order valence-corrected chi connectivity index (χ2v) is 5.89. The van der Waals surface area contributed by atoms with Crippen LogP contribution in [0.2, 0.25) is 0 Å². The predicted molar refractivity (Wildman–Crippen MR) is 58.3 cm³/mol. The molecule has 0 amide bonds. The third kappa shape index (κ3) is 3.34. The Bertz CT molecular complexity index is 490. The summed E-state index contributed by atoms with van der Waals surface area (Å²) >= 11 is 0. The number of imidazole rings is 1. The number of aromatic nitrogens is 2. The molecule has 1 heterocycles. The number of rotatable bonds is 5. The minimum atomic E-state index is -3.00. The number of hydrogen-bond donors (Lipinski definition) is 1. The van der Waals surface area contributed by atoms with Gasteiger partial charge < -0.3 is 9.67 Å². The van der Waals surface area contributed by atoms with Gasteiger partial charge in [0.2, 0.25) is 0 Å². The summed E-state index contributed by atoms with van der Waals surface area (Å²) in [5.74, 6) is -0.435. The lowest BCUT2D eigenvalue weighted by molar-refractivity contribution is 0.0684. The van der Waals surface area contributed by atoms with E-state index in [0.29, 0.717) is 18.8 Å². The van der Waals surface area contributed by atoms with Crippen LogP contribution in [-0.4, -0.2) is 41.1 Å². The fourth-order valence-corrected chi connectivity index (χ4v) is 2.06. The van der Waals surface area contributed by atoms with Crippen molar-refractivity contribution in [3.05, 3.63) is 17.7 Å². The number of aryl methyl sites for hydroxylation is 1. The molecule has 0 aromatic carbocycles. The van der Waals surface area contributed by atoms with Crippen LogP contribution in [0.25, 0.3) is 0 Å². The third-order valence-electron chi connectivity index (χ3n) is 2.17. The minimum absolute atomic E-state index is 0.0453. The Morgan fingerprint density at radius 2 is 2.19 bits per heavy atom. The van der Waals surface area contributed by atoms with Crippen molar-refractivity contribution >= 4 is 15.8 Å². The minimum Gasteiger partial charge on any atom is -0.477 e. The van der Waals surface area contributed by atoms with E-state index in [1.807, 2.05) is 0 Å². The molecule has 0 saturated carbocycles. The molecule has 7 heteroatoms. The molecule has 0 unspecified atom stereocenters. The van der Waals surface area contributed by atoms with Crippen molar-refractivity contribution in [1.82, 2.24) is 9.55 Å². The van der Waals surface area contributed by atoms with Gasteiger partial charge in [-0.3, -0.25) is 0 Å². The Morgan fingerprint density at radius 1 is 1.56 bits per heavy atom. The summed E-state index contributed by atoms with van der Waals surface area (Å²) in [5.41, 5.74) is 0.0889. The van der Waals surface area contributed by atoms with Gasteiger partial charge >= 0.3 is 5.97 Å². The summed E-state index contributed by atoms with van der Waals surface area (Å²) in [6.45, 7) is 2.04. The van der Waals surface area contributed by atoms with Crippen molar-refractivity contribution in [2.45, 2.75) is 19.9 Å². The van der Waals surface area contributed by atoms with E-state index in [4.69, 9.17) is 5.11 Å². The molecule has 0 aliphatic heterocycles. The topological polar surface area (TPSA) is 89.3 Å². The Balaban J connectivity index is 2.73. The van der Waals surface area contributed by atoms with Crippen LogP contribution in [0, 0.1) is 6.92 Å². The maximum atomic E-state index is 10.9. The van der Waals surface area contributed by atoms with E-state index in [-0.39, 0.29) is 11.4 Å². The van der Waals surface area contributed by atoms with Gasteiger partial charge in [-0.05, 0) is 13.3 Å². The highest BCUT2D eigenvalue weighted by Gasteiger charge is 2.13. The molecule has 0 radical (unpaired) electrons. The Kier molecular flexibility index (Phi) is 3.69. The fraction of sp³-hybridized carbons (Fsp3) is 0.556. The normalized spacial score (nSPS) is 11.6. The molecule has 0 bridgehead atoms. The molecule has 1 aromatic heterocycles. The highest BCUT2D eigenvalue weighted by Crippen LogP contribution is 2.06. The number of aromatic carboxylic acids is 1. The van der Waals surface area contributed by atoms with E-state index >= 15 is 0 Å². The molecular weight excluding hydrogens is 232 g/mol. The summed E-state index contributed by atoms with van der Waals surface area (Å²) in [7, 11) is -3.00. The highest BCUT2D eigenvalue weighted by atomic mass is 32.2. The lowest BCUT2D eigenvalue weighted by atomic mass is 10.4. The molecule has 1 aromatic rings. The van der Waals surface area contributed by atoms with Crippen LogP contribution in [-0.2, 0) is 16.4 Å². The van der Waals surface area contributed by atoms with Gasteiger partial charge in [-0.2, -0.15) is 0 Å². The fourth-order valence-electron chi connectivity index (χ4n) is 1.41. The van der Waals surface area contributed by atoms with Gasteiger partial charge in [0.25, 0.3) is 0 Å². The van der Waals surface area contributed by atoms with Crippen molar-refractivity contribution in [2.24, 2.45) is 0 Å². The summed E-state index contributed by atoms with van der Waals surface area (Å²) in [4.78, 5) is 14.7. The molecule has 1 N–H and O–H groups in total. The van der Waals surface area contributed by atoms with Gasteiger partial charge in [0.1, 0.15) is 21.4 Å². The smallest absolute Gasteiger partial charge is 0.354 e. The lowest BCUT2D eigenvalue weighted by Crippen LogP contribution is -2.13. The van der Waals surface area contributed by atoms with E-state index in [1.54, 1.807) is 6.92 Å². The molecule has 0 aliphatic carbocycles.